The third-order valence-corrected chi connectivity index (χ3v) is 6.01. The average Bonchev–Trinajstić information content (AvgIpc) is 3.02. The maximum absolute atomic E-state index is 11.5. The summed E-state index contributed by atoms with van der Waals surface area (Å²) in [7, 11) is 1.36. The molecule has 0 radical (unpaired) electrons. The molecule has 3 rings (SSSR count). The van der Waals surface area contributed by atoms with Crippen LogP contribution in [0.3, 0.4) is 0 Å². The number of carbonyl (C=O) groups is 1. The fourth-order valence-corrected chi connectivity index (χ4v) is 4.00. The number of ether oxygens (including phenoxy) is 6. The van der Waals surface area contributed by atoms with Crippen LogP contribution < -0.4 is 16.2 Å². The van der Waals surface area contributed by atoms with E-state index in [2.05, 4.69) is 18.2 Å². The number of carbonyl (C=O) groups excluding carboxylic acids is 1. The van der Waals surface area contributed by atoms with Crippen LogP contribution in [-0.4, -0.2) is 79.1 Å². The Morgan fingerprint density at radius 3 is 1.79 bits per heavy atom. The number of rotatable bonds is 19. The molecule has 9 heteroatoms. The molecular weight excluding hydrogens is 536 g/mol. The zero-order chi connectivity index (χ0) is 29.7. The van der Waals surface area contributed by atoms with Crippen molar-refractivity contribution in [3.8, 4) is 16.9 Å². The van der Waals surface area contributed by atoms with Crippen molar-refractivity contribution in [2.45, 2.75) is 33.7 Å². The third kappa shape index (κ3) is 12.9. The summed E-state index contributed by atoms with van der Waals surface area (Å²) in [5.74, 6) is 0.479. The topological polar surface area (TPSA) is 124 Å². The predicted octanol–water partition coefficient (Wildman–Crippen LogP) is 5.14. The largest absolute Gasteiger partial charge is 0.491 e. The van der Waals surface area contributed by atoms with Crippen LogP contribution in [0.5, 0.6) is 5.75 Å². The molecule has 42 heavy (non-hydrogen) atoms. The summed E-state index contributed by atoms with van der Waals surface area (Å²) in [5.41, 5.74) is 14.5. The van der Waals surface area contributed by atoms with E-state index >= 15 is 0 Å². The Hall–Kier alpha value is -3.05. The van der Waals surface area contributed by atoms with E-state index in [4.69, 9.17) is 39.9 Å². The molecule has 0 aliphatic heterocycles. The number of hydrogen-bond acceptors (Lipinski definition) is 9. The monoisotopic (exact) mass is 586 g/mol. The van der Waals surface area contributed by atoms with E-state index in [-0.39, 0.29) is 19.8 Å². The normalized spacial score (nSPS) is 11.3. The van der Waals surface area contributed by atoms with Crippen molar-refractivity contribution >= 4 is 16.7 Å². The number of benzene rings is 3. The van der Waals surface area contributed by atoms with Gasteiger partial charge in [-0.05, 0) is 28.1 Å². The second kappa shape index (κ2) is 22.5. The van der Waals surface area contributed by atoms with Gasteiger partial charge < -0.3 is 39.9 Å². The molecule has 0 aliphatic carbocycles. The molecule has 3 aromatic carbocycles. The van der Waals surface area contributed by atoms with E-state index in [1.165, 1.54) is 7.11 Å². The summed E-state index contributed by atoms with van der Waals surface area (Å²) < 4.78 is 32.5. The van der Waals surface area contributed by atoms with Gasteiger partial charge in [0.15, 0.2) is 0 Å². The number of nitrogens with two attached hydrogens (primary N) is 2. The Labute approximate surface area is 251 Å². The maximum Gasteiger partial charge on any atom is 0.307 e. The molecule has 9 nitrogen and oxygen atoms in total. The summed E-state index contributed by atoms with van der Waals surface area (Å²) in [6.45, 7) is 9.05. The number of methoxy groups -OCH3 is 1. The molecule has 4 N–H and O–H groups in total. The average molecular weight is 587 g/mol. The Bertz CT molecular complexity index is 1130. The number of hydrogen-bond donors (Lipinski definition) is 2. The van der Waals surface area contributed by atoms with Gasteiger partial charge in [-0.2, -0.15) is 0 Å². The lowest BCUT2D eigenvalue weighted by Gasteiger charge is -2.14. The van der Waals surface area contributed by atoms with Crippen molar-refractivity contribution in [1.29, 1.82) is 0 Å². The lowest BCUT2D eigenvalue weighted by Crippen LogP contribution is -2.16. The summed E-state index contributed by atoms with van der Waals surface area (Å²) in [4.78, 5) is 11.5. The minimum Gasteiger partial charge on any atom is -0.491 e. The molecule has 0 spiro atoms. The van der Waals surface area contributed by atoms with Crippen LogP contribution in [0.1, 0.15) is 39.3 Å². The molecule has 0 amide bonds. The van der Waals surface area contributed by atoms with Crippen LogP contribution >= 0.6 is 0 Å². The molecular formula is C33H50N2O7. The van der Waals surface area contributed by atoms with Gasteiger partial charge in [-0.1, -0.05) is 75.9 Å². The van der Waals surface area contributed by atoms with E-state index in [1.807, 2.05) is 56.3 Å². The van der Waals surface area contributed by atoms with Gasteiger partial charge in [0, 0.05) is 18.0 Å². The van der Waals surface area contributed by atoms with Gasteiger partial charge in [-0.3, -0.25) is 4.79 Å². The zero-order valence-electron chi connectivity index (χ0n) is 24.6. The van der Waals surface area contributed by atoms with Crippen molar-refractivity contribution in [3.63, 3.8) is 0 Å². The highest BCUT2D eigenvalue weighted by Crippen LogP contribution is 2.35. The van der Waals surface area contributed by atoms with Crippen LogP contribution in [-0.2, 0) is 28.5 Å². The van der Waals surface area contributed by atoms with Gasteiger partial charge in [0.25, 0.3) is 0 Å². The van der Waals surface area contributed by atoms with E-state index in [0.717, 1.165) is 33.2 Å². The van der Waals surface area contributed by atoms with Crippen molar-refractivity contribution in [1.82, 2.24) is 0 Å². The smallest absolute Gasteiger partial charge is 0.307 e. The first kappa shape index (κ1) is 37.0. The van der Waals surface area contributed by atoms with Crippen molar-refractivity contribution in [2.24, 2.45) is 11.5 Å². The maximum atomic E-state index is 11.5. The lowest BCUT2D eigenvalue weighted by molar-refractivity contribution is -0.141. The first-order valence-corrected chi connectivity index (χ1v) is 14.2. The molecule has 0 fully saturated rings. The molecule has 0 bridgehead atoms. The second-order valence-corrected chi connectivity index (χ2v) is 8.75. The van der Waals surface area contributed by atoms with Crippen molar-refractivity contribution < 1.29 is 33.2 Å². The highest BCUT2D eigenvalue weighted by atomic mass is 16.6. The van der Waals surface area contributed by atoms with E-state index in [1.54, 1.807) is 0 Å². The molecule has 234 valence electrons. The van der Waals surface area contributed by atoms with E-state index < -0.39 is 6.04 Å². The lowest BCUT2D eigenvalue weighted by atomic mass is 9.95. The Balaban J connectivity index is 0.00000288. The molecule has 1 unspecified atom stereocenters. The fraction of sp³-hybridized carbons (Fsp3) is 0.485. The van der Waals surface area contributed by atoms with Crippen LogP contribution in [0.25, 0.3) is 21.9 Å². The SMILES string of the molecule is C.CC.COC(=O)CC(N)c1ccc(-c2ccc(OCCOCCOCCOCCOCCN)c3ccccc23)cc1. The van der Waals surface area contributed by atoms with Gasteiger partial charge in [0.1, 0.15) is 12.4 Å². The summed E-state index contributed by atoms with van der Waals surface area (Å²) in [6.07, 6.45) is 0.142. The highest BCUT2D eigenvalue weighted by Gasteiger charge is 2.13. The third-order valence-electron chi connectivity index (χ3n) is 6.01. The standard InChI is InChI=1S/C30H40N2O7.C2H6.CH4/c1-34-30(33)22-28(32)24-8-6-23(7-9-24)25-10-11-29(27-5-3-2-4-26(25)27)39-21-20-38-19-18-37-17-16-36-15-14-35-13-12-31;1-2;/h2-11,28H,12-22,31-32H2,1H3;1-2H3;1H4. The highest BCUT2D eigenvalue weighted by molar-refractivity contribution is 6.00. The minimum atomic E-state index is -0.404. The number of esters is 1. The molecule has 1 atom stereocenters. The summed E-state index contributed by atoms with van der Waals surface area (Å²) in [6, 6.07) is 19.7. The zero-order valence-corrected chi connectivity index (χ0v) is 24.6. The van der Waals surface area contributed by atoms with Crippen LogP contribution in [0.2, 0.25) is 0 Å². The van der Waals surface area contributed by atoms with Crippen molar-refractivity contribution in [2.75, 3.05) is 73.1 Å². The summed E-state index contributed by atoms with van der Waals surface area (Å²) in [5, 5.41) is 2.11. The molecule has 0 aliphatic rings. The Morgan fingerprint density at radius 1 is 0.714 bits per heavy atom. The molecule has 0 saturated carbocycles. The minimum absolute atomic E-state index is 0. The van der Waals surface area contributed by atoms with Gasteiger partial charge in [-0.15, -0.1) is 0 Å². The molecule has 3 aromatic rings. The second-order valence-electron chi connectivity index (χ2n) is 8.75. The van der Waals surface area contributed by atoms with Gasteiger partial charge >= 0.3 is 5.97 Å². The van der Waals surface area contributed by atoms with Gasteiger partial charge in [-0.25, -0.2) is 0 Å². The van der Waals surface area contributed by atoms with Crippen LogP contribution in [0, 0.1) is 0 Å². The molecule has 0 heterocycles. The Kier molecular flexibility index (Phi) is 19.8. The molecule has 0 aromatic heterocycles. The first-order valence-electron chi connectivity index (χ1n) is 14.2. The predicted molar refractivity (Wildman–Crippen MR) is 169 cm³/mol. The van der Waals surface area contributed by atoms with Gasteiger partial charge in [0.2, 0.25) is 0 Å². The number of fused-ring (bicyclic) bond motifs is 1. The van der Waals surface area contributed by atoms with Crippen LogP contribution in [0.15, 0.2) is 60.7 Å². The summed E-state index contributed by atoms with van der Waals surface area (Å²) >= 11 is 0. The first-order chi connectivity index (χ1) is 20.1. The quantitative estimate of drug-likeness (QED) is 0.145. The Morgan fingerprint density at radius 2 is 1.24 bits per heavy atom. The van der Waals surface area contributed by atoms with E-state index in [0.29, 0.717) is 66.0 Å². The van der Waals surface area contributed by atoms with Gasteiger partial charge in [0.05, 0.1) is 66.4 Å². The van der Waals surface area contributed by atoms with Crippen LogP contribution in [0.4, 0.5) is 0 Å². The van der Waals surface area contributed by atoms with E-state index in [9.17, 15) is 4.79 Å². The van der Waals surface area contributed by atoms with Crippen molar-refractivity contribution in [3.05, 3.63) is 66.2 Å². The molecule has 0 saturated heterocycles. The fourth-order valence-electron chi connectivity index (χ4n) is 4.00.